The zero-order chi connectivity index (χ0) is 21.6. The van der Waals surface area contributed by atoms with Gasteiger partial charge in [0.25, 0.3) is 0 Å². The highest BCUT2D eigenvalue weighted by atomic mass is 16.5. The van der Waals surface area contributed by atoms with E-state index in [1.54, 1.807) is 14.2 Å². The third kappa shape index (κ3) is 4.75. The van der Waals surface area contributed by atoms with Gasteiger partial charge in [0.1, 0.15) is 11.5 Å². The molecule has 0 bridgehead atoms. The number of hydrogen-bond donors (Lipinski definition) is 2. The van der Waals surface area contributed by atoms with Crippen LogP contribution in [0.25, 0.3) is 0 Å². The van der Waals surface area contributed by atoms with E-state index in [-0.39, 0.29) is 11.8 Å². The first-order valence-electron chi connectivity index (χ1n) is 10.4. The fourth-order valence-corrected chi connectivity index (χ4v) is 4.22. The van der Waals surface area contributed by atoms with E-state index in [4.69, 9.17) is 9.47 Å². The predicted molar refractivity (Wildman–Crippen MR) is 117 cm³/mol. The molecular formula is C24H30N2O4. The molecule has 0 saturated heterocycles. The molecule has 2 amide bonds. The molecule has 2 aromatic carbocycles. The number of benzene rings is 2. The number of rotatable bonds is 7. The normalized spacial score (nSPS) is 15.2. The van der Waals surface area contributed by atoms with Gasteiger partial charge in [-0.3, -0.25) is 9.59 Å². The zero-order valence-corrected chi connectivity index (χ0v) is 17.9. The van der Waals surface area contributed by atoms with Crippen molar-refractivity contribution in [3.05, 3.63) is 53.6 Å². The van der Waals surface area contributed by atoms with Gasteiger partial charge in [0.2, 0.25) is 11.8 Å². The Balaban J connectivity index is 1.80. The monoisotopic (exact) mass is 410 g/mol. The van der Waals surface area contributed by atoms with Gasteiger partial charge in [-0.25, -0.2) is 0 Å². The standard InChI is InChI=1S/C24H30N2O4/c1-17(27)26-20-10-8-19(9-11-20)24(13-5-4-6-14-24)23(28)25-16-18-7-12-21(29-2)15-22(18)30-3/h7-12,15H,4-6,13-14,16H2,1-3H3,(H,25,28)(H,26,27). The highest BCUT2D eigenvalue weighted by molar-refractivity contribution is 5.90. The van der Waals surface area contributed by atoms with Crippen molar-refractivity contribution in [3.8, 4) is 11.5 Å². The Bertz CT molecular complexity index is 887. The molecule has 0 aliphatic heterocycles. The van der Waals surface area contributed by atoms with Crippen LogP contribution in [-0.4, -0.2) is 26.0 Å². The maximum absolute atomic E-state index is 13.4. The lowest BCUT2D eigenvalue weighted by Crippen LogP contribution is -2.45. The Morgan fingerprint density at radius 2 is 1.67 bits per heavy atom. The van der Waals surface area contributed by atoms with Crippen molar-refractivity contribution in [2.45, 2.75) is 51.0 Å². The van der Waals surface area contributed by atoms with Gasteiger partial charge in [-0.15, -0.1) is 0 Å². The molecule has 0 aromatic heterocycles. The van der Waals surface area contributed by atoms with Crippen LogP contribution in [-0.2, 0) is 21.5 Å². The summed E-state index contributed by atoms with van der Waals surface area (Å²) in [5.41, 5.74) is 2.09. The summed E-state index contributed by atoms with van der Waals surface area (Å²) in [4.78, 5) is 24.7. The van der Waals surface area contributed by atoms with E-state index in [0.717, 1.165) is 48.9 Å². The van der Waals surface area contributed by atoms with Crippen LogP contribution in [0.3, 0.4) is 0 Å². The van der Waals surface area contributed by atoms with Crippen LogP contribution in [0.5, 0.6) is 11.5 Å². The molecule has 0 atom stereocenters. The summed E-state index contributed by atoms with van der Waals surface area (Å²) in [6, 6.07) is 13.3. The first-order chi connectivity index (χ1) is 14.5. The second-order valence-corrected chi connectivity index (χ2v) is 7.76. The molecule has 0 spiro atoms. The van der Waals surface area contributed by atoms with Crippen molar-refractivity contribution in [3.63, 3.8) is 0 Å². The predicted octanol–water partition coefficient (Wildman–Crippen LogP) is 4.18. The van der Waals surface area contributed by atoms with Crippen LogP contribution in [0, 0.1) is 0 Å². The smallest absolute Gasteiger partial charge is 0.230 e. The number of amides is 2. The van der Waals surface area contributed by atoms with Gasteiger partial charge in [-0.2, -0.15) is 0 Å². The molecule has 2 aromatic rings. The Morgan fingerprint density at radius 3 is 2.27 bits per heavy atom. The molecule has 0 radical (unpaired) electrons. The van der Waals surface area contributed by atoms with E-state index >= 15 is 0 Å². The third-order valence-electron chi connectivity index (χ3n) is 5.83. The van der Waals surface area contributed by atoms with Crippen LogP contribution < -0.4 is 20.1 Å². The number of hydrogen-bond acceptors (Lipinski definition) is 4. The van der Waals surface area contributed by atoms with Crippen LogP contribution >= 0.6 is 0 Å². The van der Waals surface area contributed by atoms with Gasteiger partial charge in [0.05, 0.1) is 19.6 Å². The zero-order valence-electron chi connectivity index (χ0n) is 17.9. The maximum Gasteiger partial charge on any atom is 0.230 e. The van der Waals surface area contributed by atoms with Gasteiger partial charge in [0, 0.05) is 30.8 Å². The SMILES string of the molecule is COc1ccc(CNC(=O)C2(c3ccc(NC(C)=O)cc3)CCCCC2)c(OC)c1. The molecule has 160 valence electrons. The summed E-state index contributed by atoms with van der Waals surface area (Å²) in [5.74, 6) is 1.32. The fraction of sp³-hybridized carbons (Fsp3) is 0.417. The second kappa shape index (κ2) is 9.65. The lowest BCUT2D eigenvalue weighted by Gasteiger charge is -2.36. The molecule has 1 saturated carbocycles. The number of ether oxygens (including phenoxy) is 2. The number of nitrogens with one attached hydrogen (secondary N) is 2. The first-order valence-corrected chi connectivity index (χ1v) is 10.4. The highest BCUT2D eigenvalue weighted by Crippen LogP contribution is 2.40. The molecule has 2 N–H and O–H groups in total. The van der Waals surface area contributed by atoms with E-state index in [1.165, 1.54) is 6.92 Å². The summed E-state index contributed by atoms with van der Waals surface area (Å²) < 4.78 is 10.7. The van der Waals surface area contributed by atoms with Crippen molar-refractivity contribution in [1.29, 1.82) is 0 Å². The number of methoxy groups -OCH3 is 2. The van der Waals surface area contributed by atoms with Crippen molar-refractivity contribution in [2.75, 3.05) is 19.5 Å². The Hall–Kier alpha value is -3.02. The van der Waals surface area contributed by atoms with Crippen LogP contribution in [0.2, 0.25) is 0 Å². The summed E-state index contributed by atoms with van der Waals surface area (Å²) in [6.07, 6.45) is 4.82. The summed E-state index contributed by atoms with van der Waals surface area (Å²) in [6.45, 7) is 1.87. The molecule has 1 aliphatic carbocycles. The first kappa shape index (κ1) is 21.7. The number of carbonyl (C=O) groups is 2. The average molecular weight is 411 g/mol. The van der Waals surface area contributed by atoms with E-state index in [9.17, 15) is 9.59 Å². The maximum atomic E-state index is 13.4. The number of anilines is 1. The second-order valence-electron chi connectivity index (χ2n) is 7.76. The third-order valence-corrected chi connectivity index (χ3v) is 5.83. The van der Waals surface area contributed by atoms with Crippen LogP contribution in [0.1, 0.15) is 50.2 Å². The van der Waals surface area contributed by atoms with E-state index in [0.29, 0.717) is 18.0 Å². The van der Waals surface area contributed by atoms with E-state index in [2.05, 4.69) is 10.6 Å². The summed E-state index contributed by atoms with van der Waals surface area (Å²) in [5, 5.41) is 5.92. The molecule has 0 heterocycles. The van der Waals surface area contributed by atoms with Crippen molar-refractivity contribution in [2.24, 2.45) is 0 Å². The minimum absolute atomic E-state index is 0.0346. The van der Waals surface area contributed by atoms with Crippen LogP contribution in [0.15, 0.2) is 42.5 Å². The minimum Gasteiger partial charge on any atom is -0.497 e. The van der Waals surface area contributed by atoms with Crippen LogP contribution in [0.4, 0.5) is 5.69 Å². The van der Waals surface area contributed by atoms with Gasteiger partial charge >= 0.3 is 0 Å². The van der Waals surface area contributed by atoms with Gasteiger partial charge in [-0.1, -0.05) is 31.4 Å². The quantitative estimate of drug-likeness (QED) is 0.718. The van der Waals surface area contributed by atoms with Crippen molar-refractivity contribution in [1.82, 2.24) is 5.32 Å². The Kier molecular flexibility index (Phi) is 6.98. The Labute approximate surface area is 178 Å². The Morgan fingerprint density at radius 1 is 0.967 bits per heavy atom. The average Bonchev–Trinajstić information content (AvgIpc) is 2.77. The minimum atomic E-state index is -0.549. The summed E-state index contributed by atoms with van der Waals surface area (Å²) >= 11 is 0. The molecular weight excluding hydrogens is 380 g/mol. The van der Waals surface area contributed by atoms with Crippen molar-refractivity contribution >= 4 is 17.5 Å². The highest BCUT2D eigenvalue weighted by Gasteiger charge is 2.41. The molecule has 30 heavy (non-hydrogen) atoms. The molecule has 3 rings (SSSR count). The van der Waals surface area contributed by atoms with Crippen molar-refractivity contribution < 1.29 is 19.1 Å². The molecule has 0 unspecified atom stereocenters. The molecule has 6 nitrogen and oxygen atoms in total. The number of carbonyl (C=O) groups excluding carboxylic acids is 2. The van der Waals surface area contributed by atoms with E-state index in [1.807, 2.05) is 42.5 Å². The van der Waals surface area contributed by atoms with Gasteiger partial charge in [0.15, 0.2) is 0 Å². The van der Waals surface area contributed by atoms with Gasteiger partial charge in [-0.05, 0) is 42.7 Å². The lowest BCUT2D eigenvalue weighted by atomic mass is 9.68. The fourth-order valence-electron chi connectivity index (χ4n) is 4.22. The lowest BCUT2D eigenvalue weighted by molar-refractivity contribution is -0.128. The topological polar surface area (TPSA) is 76.7 Å². The van der Waals surface area contributed by atoms with E-state index < -0.39 is 5.41 Å². The molecule has 1 aliphatic rings. The molecule has 6 heteroatoms. The molecule has 1 fully saturated rings. The largest absolute Gasteiger partial charge is 0.497 e. The van der Waals surface area contributed by atoms with Gasteiger partial charge < -0.3 is 20.1 Å². The summed E-state index contributed by atoms with van der Waals surface area (Å²) in [7, 11) is 3.22.